The van der Waals surface area contributed by atoms with Gasteiger partial charge in [0, 0.05) is 52.0 Å². The lowest BCUT2D eigenvalue weighted by Gasteiger charge is -2.35. The SMILES string of the molecule is O=C(CCc1ccco1)N1CCN(C(=O)CCN2CCCC2)CC1. The number of carbonyl (C=O) groups is 2. The van der Waals surface area contributed by atoms with Crippen molar-refractivity contribution < 1.29 is 14.0 Å². The van der Waals surface area contributed by atoms with Crippen molar-refractivity contribution in [2.75, 3.05) is 45.8 Å². The van der Waals surface area contributed by atoms with Crippen LogP contribution in [0, 0.1) is 0 Å². The molecule has 2 fully saturated rings. The van der Waals surface area contributed by atoms with Gasteiger partial charge in [-0.15, -0.1) is 0 Å². The molecule has 0 saturated carbocycles. The molecule has 1 aromatic heterocycles. The highest BCUT2D eigenvalue weighted by atomic mass is 16.3. The Kier molecular flexibility index (Phi) is 5.91. The van der Waals surface area contributed by atoms with Crippen LogP contribution >= 0.6 is 0 Å². The maximum absolute atomic E-state index is 12.3. The van der Waals surface area contributed by atoms with Gasteiger partial charge in [0.05, 0.1) is 6.26 Å². The minimum atomic E-state index is 0.149. The summed E-state index contributed by atoms with van der Waals surface area (Å²) in [4.78, 5) is 30.7. The first kappa shape index (κ1) is 17.0. The highest BCUT2D eigenvalue weighted by Crippen LogP contribution is 2.11. The van der Waals surface area contributed by atoms with Crippen LogP contribution in [-0.4, -0.2) is 72.3 Å². The predicted molar refractivity (Wildman–Crippen MR) is 90.5 cm³/mol. The van der Waals surface area contributed by atoms with Crippen LogP contribution in [0.25, 0.3) is 0 Å². The highest BCUT2D eigenvalue weighted by Gasteiger charge is 2.24. The molecule has 0 aromatic carbocycles. The number of rotatable bonds is 6. The van der Waals surface area contributed by atoms with Crippen molar-refractivity contribution in [1.29, 1.82) is 0 Å². The van der Waals surface area contributed by atoms with E-state index >= 15 is 0 Å². The second-order valence-electron chi connectivity index (χ2n) is 6.64. The Morgan fingerprint density at radius 2 is 1.54 bits per heavy atom. The van der Waals surface area contributed by atoms with Crippen molar-refractivity contribution in [3.8, 4) is 0 Å². The lowest BCUT2D eigenvalue weighted by molar-refractivity contribution is -0.139. The molecule has 24 heavy (non-hydrogen) atoms. The summed E-state index contributed by atoms with van der Waals surface area (Å²) in [6.07, 6.45) is 5.86. The Hall–Kier alpha value is -1.82. The van der Waals surface area contributed by atoms with Crippen LogP contribution in [-0.2, 0) is 16.0 Å². The van der Waals surface area contributed by atoms with Crippen molar-refractivity contribution in [2.24, 2.45) is 0 Å². The summed E-state index contributed by atoms with van der Waals surface area (Å²) in [5.41, 5.74) is 0. The molecule has 6 nitrogen and oxygen atoms in total. The molecule has 132 valence electrons. The molecule has 3 rings (SSSR count). The summed E-state index contributed by atoms with van der Waals surface area (Å²) in [6, 6.07) is 3.73. The number of hydrogen-bond donors (Lipinski definition) is 0. The minimum Gasteiger partial charge on any atom is -0.469 e. The van der Waals surface area contributed by atoms with Gasteiger partial charge < -0.3 is 19.1 Å². The molecule has 2 amide bonds. The fourth-order valence-corrected chi connectivity index (χ4v) is 3.47. The lowest BCUT2D eigenvalue weighted by Crippen LogP contribution is -2.51. The van der Waals surface area contributed by atoms with Crippen molar-refractivity contribution in [3.05, 3.63) is 24.2 Å². The molecule has 2 aliphatic heterocycles. The molecule has 2 saturated heterocycles. The summed E-state index contributed by atoms with van der Waals surface area (Å²) < 4.78 is 5.26. The van der Waals surface area contributed by atoms with Gasteiger partial charge in [-0.3, -0.25) is 9.59 Å². The molecule has 0 atom stereocenters. The lowest BCUT2D eigenvalue weighted by atomic mass is 10.2. The van der Waals surface area contributed by atoms with E-state index in [-0.39, 0.29) is 11.8 Å². The fraction of sp³-hybridized carbons (Fsp3) is 0.667. The Labute approximate surface area is 143 Å². The minimum absolute atomic E-state index is 0.149. The number of aryl methyl sites for hydroxylation is 1. The number of amides is 2. The molecule has 6 heteroatoms. The molecule has 0 spiro atoms. The second-order valence-corrected chi connectivity index (χ2v) is 6.64. The first-order chi connectivity index (χ1) is 11.7. The van der Waals surface area contributed by atoms with Gasteiger partial charge in [0.25, 0.3) is 0 Å². The van der Waals surface area contributed by atoms with Crippen LogP contribution < -0.4 is 0 Å². The normalized spacial score (nSPS) is 19.0. The van der Waals surface area contributed by atoms with E-state index in [1.54, 1.807) is 6.26 Å². The third-order valence-corrected chi connectivity index (χ3v) is 4.99. The standard InChI is InChI=1S/C18H27N3O3/c22-17(6-5-16-4-3-15-24-16)20-11-13-21(14-12-20)18(23)7-10-19-8-1-2-9-19/h3-4,15H,1-2,5-14H2. The van der Waals surface area contributed by atoms with Crippen molar-refractivity contribution in [3.63, 3.8) is 0 Å². The number of furan rings is 1. The van der Waals surface area contributed by atoms with E-state index < -0.39 is 0 Å². The van der Waals surface area contributed by atoms with Crippen LogP contribution in [0.5, 0.6) is 0 Å². The molecule has 3 heterocycles. The van der Waals surface area contributed by atoms with E-state index in [4.69, 9.17) is 4.42 Å². The predicted octanol–water partition coefficient (Wildman–Crippen LogP) is 1.37. The first-order valence-electron chi connectivity index (χ1n) is 9.02. The van der Waals surface area contributed by atoms with Crippen LogP contribution in [0.2, 0.25) is 0 Å². The number of piperazine rings is 1. The van der Waals surface area contributed by atoms with Gasteiger partial charge in [-0.25, -0.2) is 0 Å². The maximum Gasteiger partial charge on any atom is 0.223 e. The van der Waals surface area contributed by atoms with E-state index in [0.29, 0.717) is 45.4 Å². The van der Waals surface area contributed by atoms with Gasteiger partial charge in [0.1, 0.15) is 5.76 Å². The van der Waals surface area contributed by atoms with E-state index in [0.717, 1.165) is 25.4 Å². The zero-order valence-electron chi connectivity index (χ0n) is 14.3. The third kappa shape index (κ3) is 4.60. The van der Waals surface area contributed by atoms with E-state index in [1.807, 2.05) is 21.9 Å². The first-order valence-corrected chi connectivity index (χ1v) is 9.02. The number of likely N-dealkylation sites (tertiary alicyclic amines) is 1. The molecular formula is C18H27N3O3. The van der Waals surface area contributed by atoms with E-state index in [9.17, 15) is 9.59 Å². The van der Waals surface area contributed by atoms with E-state index in [2.05, 4.69) is 4.90 Å². The summed E-state index contributed by atoms with van der Waals surface area (Å²) in [5, 5.41) is 0. The van der Waals surface area contributed by atoms with Crippen LogP contribution in [0.15, 0.2) is 22.8 Å². The average Bonchev–Trinajstić information content (AvgIpc) is 3.31. The fourth-order valence-electron chi connectivity index (χ4n) is 3.47. The summed E-state index contributed by atoms with van der Waals surface area (Å²) in [6.45, 7) is 5.74. The molecule has 0 radical (unpaired) electrons. The molecule has 0 N–H and O–H groups in total. The van der Waals surface area contributed by atoms with E-state index in [1.165, 1.54) is 12.8 Å². The second kappa shape index (κ2) is 8.33. The summed E-state index contributed by atoms with van der Waals surface area (Å²) >= 11 is 0. The monoisotopic (exact) mass is 333 g/mol. The third-order valence-electron chi connectivity index (χ3n) is 4.99. The Morgan fingerprint density at radius 1 is 0.917 bits per heavy atom. The average molecular weight is 333 g/mol. The van der Waals surface area contributed by atoms with Gasteiger partial charge >= 0.3 is 0 Å². The Bertz CT molecular complexity index is 530. The molecule has 0 bridgehead atoms. The Balaban J connectivity index is 1.35. The summed E-state index contributed by atoms with van der Waals surface area (Å²) in [7, 11) is 0. The quantitative estimate of drug-likeness (QED) is 0.789. The van der Waals surface area contributed by atoms with Crippen molar-refractivity contribution in [2.45, 2.75) is 32.1 Å². The number of nitrogens with zero attached hydrogens (tertiary/aromatic N) is 3. The van der Waals surface area contributed by atoms with Gasteiger partial charge in [0.15, 0.2) is 0 Å². The van der Waals surface area contributed by atoms with Gasteiger partial charge in [0.2, 0.25) is 11.8 Å². The smallest absolute Gasteiger partial charge is 0.223 e. The Morgan fingerprint density at radius 3 is 2.12 bits per heavy atom. The molecular weight excluding hydrogens is 306 g/mol. The zero-order valence-corrected chi connectivity index (χ0v) is 14.3. The van der Waals surface area contributed by atoms with Gasteiger partial charge in [-0.1, -0.05) is 0 Å². The topological polar surface area (TPSA) is 57.0 Å². The highest BCUT2D eigenvalue weighted by molar-refractivity contribution is 5.78. The number of carbonyl (C=O) groups excluding carboxylic acids is 2. The van der Waals surface area contributed by atoms with Crippen LogP contribution in [0.1, 0.15) is 31.4 Å². The largest absolute Gasteiger partial charge is 0.469 e. The zero-order chi connectivity index (χ0) is 16.8. The molecule has 2 aliphatic rings. The van der Waals surface area contributed by atoms with Crippen molar-refractivity contribution in [1.82, 2.24) is 14.7 Å². The van der Waals surface area contributed by atoms with Crippen molar-refractivity contribution >= 4 is 11.8 Å². The summed E-state index contributed by atoms with van der Waals surface area (Å²) in [5.74, 6) is 1.22. The van der Waals surface area contributed by atoms with Gasteiger partial charge in [-0.05, 0) is 38.1 Å². The molecule has 1 aromatic rings. The molecule has 0 aliphatic carbocycles. The van der Waals surface area contributed by atoms with Crippen LogP contribution in [0.4, 0.5) is 0 Å². The maximum atomic E-state index is 12.3. The number of hydrogen-bond acceptors (Lipinski definition) is 4. The van der Waals surface area contributed by atoms with Crippen LogP contribution in [0.3, 0.4) is 0 Å². The van der Waals surface area contributed by atoms with Gasteiger partial charge in [-0.2, -0.15) is 0 Å². The molecule has 0 unspecified atom stereocenters.